The lowest BCUT2D eigenvalue weighted by atomic mass is 10.1. The molecule has 1 aromatic rings. The van der Waals surface area contributed by atoms with Crippen LogP contribution in [0.3, 0.4) is 0 Å². The molecule has 2 N–H and O–H groups in total. The van der Waals surface area contributed by atoms with E-state index in [2.05, 4.69) is 18.7 Å². The molecule has 0 heterocycles. The average molecular weight is 313 g/mol. The van der Waals surface area contributed by atoms with Crippen LogP contribution in [0.4, 0.5) is 5.69 Å². The molecule has 0 fully saturated rings. The van der Waals surface area contributed by atoms with E-state index < -0.39 is 10.0 Å². The Morgan fingerprint density at radius 1 is 1.14 bits per heavy atom. The molecule has 0 aliphatic rings. The SMILES string of the molecule is CC(C)CN(CCCN)c1ccc(S(=O)(=O)N(C)C)cc1. The van der Waals surface area contributed by atoms with Crippen molar-refractivity contribution in [1.82, 2.24) is 4.31 Å². The third kappa shape index (κ3) is 4.98. The van der Waals surface area contributed by atoms with Gasteiger partial charge in [-0.25, -0.2) is 12.7 Å². The molecule has 0 saturated carbocycles. The predicted octanol–water partition coefficient (Wildman–Crippen LogP) is 1.75. The van der Waals surface area contributed by atoms with Gasteiger partial charge in [-0.2, -0.15) is 0 Å². The van der Waals surface area contributed by atoms with Gasteiger partial charge >= 0.3 is 0 Å². The van der Waals surface area contributed by atoms with Crippen LogP contribution in [0.1, 0.15) is 20.3 Å². The van der Waals surface area contributed by atoms with Crippen LogP contribution in [0, 0.1) is 5.92 Å². The van der Waals surface area contributed by atoms with E-state index in [0.29, 0.717) is 17.4 Å². The molecule has 0 aliphatic carbocycles. The van der Waals surface area contributed by atoms with Crippen molar-refractivity contribution in [3.63, 3.8) is 0 Å². The van der Waals surface area contributed by atoms with E-state index in [1.165, 1.54) is 18.4 Å². The van der Waals surface area contributed by atoms with Crippen LogP contribution in [0.2, 0.25) is 0 Å². The Morgan fingerprint density at radius 3 is 2.14 bits per heavy atom. The van der Waals surface area contributed by atoms with Crippen LogP contribution in [-0.2, 0) is 10.0 Å². The first-order valence-corrected chi connectivity index (χ1v) is 8.70. The van der Waals surface area contributed by atoms with Crippen LogP contribution in [-0.4, -0.2) is 46.5 Å². The first kappa shape index (κ1) is 17.9. The Bertz CT molecular complexity index is 524. The average Bonchev–Trinajstić information content (AvgIpc) is 2.43. The van der Waals surface area contributed by atoms with Crippen molar-refractivity contribution in [3.8, 4) is 0 Å². The fourth-order valence-electron chi connectivity index (χ4n) is 2.09. The van der Waals surface area contributed by atoms with E-state index in [9.17, 15) is 8.42 Å². The van der Waals surface area contributed by atoms with Gasteiger partial charge in [0.1, 0.15) is 0 Å². The molecule has 0 aromatic heterocycles. The van der Waals surface area contributed by atoms with Crippen molar-refractivity contribution in [1.29, 1.82) is 0 Å². The predicted molar refractivity (Wildman–Crippen MR) is 88.0 cm³/mol. The molecule has 0 radical (unpaired) electrons. The van der Waals surface area contributed by atoms with Crippen LogP contribution >= 0.6 is 0 Å². The van der Waals surface area contributed by atoms with Gasteiger partial charge in [-0.05, 0) is 43.1 Å². The highest BCUT2D eigenvalue weighted by atomic mass is 32.2. The monoisotopic (exact) mass is 313 g/mol. The topological polar surface area (TPSA) is 66.6 Å². The molecule has 0 bridgehead atoms. The van der Waals surface area contributed by atoms with Crippen molar-refractivity contribution in [2.45, 2.75) is 25.2 Å². The lowest BCUT2D eigenvalue weighted by Crippen LogP contribution is -2.30. The van der Waals surface area contributed by atoms with Gasteiger partial charge in [-0.3, -0.25) is 0 Å². The van der Waals surface area contributed by atoms with E-state index in [1.807, 2.05) is 12.1 Å². The van der Waals surface area contributed by atoms with Crippen molar-refractivity contribution in [2.24, 2.45) is 11.7 Å². The number of sulfonamides is 1. The summed E-state index contributed by atoms with van der Waals surface area (Å²) in [6.07, 6.45) is 0.921. The lowest BCUT2D eigenvalue weighted by molar-refractivity contribution is 0.520. The van der Waals surface area contributed by atoms with Crippen molar-refractivity contribution < 1.29 is 8.42 Å². The molecule has 0 atom stereocenters. The summed E-state index contributed by atoms with van der Waals surface area (Å²) in [6, 6.07) is 7.07. The molecule has 0 spiro atoms. The van der Waals surface area contributed by atoms with Gasteiger partial charge in [-0.1, -0.05) is 13.8 Å². The standard InChI is InChI=1S/C15H27N3O2S/c1-13(2)12-18(11-5-10-16)14-6-8-15(9-7-14)21(19,20)17(3)4/h6-9,13H,5,10-12,16H2,1-4H3. The second kappa shape index (κ2) is 7.77. The van der Waals surface area contributed by atoms with Gasteiger partial charge in [0.2, 0.25) is 10.0 Å². The molecular formula is C15H27N3O2S. The van der Waals surface area contributed by atoms with E-state index in [0.717, 1.165) is 25.2 Å². The summed E-state index contributed by atoms with van der Waals surface area (Å²) in [5, 5.41) is 0. The quantitative estimate of drug-likeness (QED) is 0.794. The Morgan fingerprint density at radius 2 is 1.71 bits per heavy atom. The molecule has 0 saturated heterocycles. The zero-order valence-corrected chi connectivity index (χ0v) is 14.2. The smallest absolute Gasteiger partial charge is 0.242 e. The Balaban J connectivity index is 2.97. The van der Waals surface area contributed by atoms with E-state index in [-0.39, 0.29) is 0 Å². The molecule has 1 aromatic carbocycles. The number of nitrogens with zero attached hydrogens (tertiary/aromatic N) is 2. The minimum absolute atomic E-state index is 0.319. The maximum Gasteiger partial charge on any atom is 0.242 e. The first-order chi connectivity index (χ1) is 9.78. The number of rotatable bonds is 8. The number of anilines is 1. The summed E-state index contributed by atoms with van der Waals surface area (Å²) in [5.74, 6) is 0.535. The third-order valence-electron chi connectivity index (χ3n) is 3.20. The highest BCUT2D eigenvalue weighted by molar-refractivity contribution is 7.89. The highest BCUT2D eigenvalue weighted by Crippen LogP contribution is 2.20. The molecule has 5 nitrogen and oxygen atoms in total. The molecule has 0 aliphatic heterocycles. The summed E-state index contributed by atoms with van der Waals surface area (Å²) >= 11 is 0. The van der Waals surface area contributed by atoms with Crippen LogP contribution < -0.4 is 10.6 Å². The Hall–Kier alpha value is -1.11. The maximum atomic E-state index is 12.1. The van der Waals surface area contributed by atoms with E-state index in [4.69, 9.17) is 5.73 Å². The normalized spacial score (nSPS) is 12.1. The van der Waals surface area contributed by atoms with Gasteiger partial charge < -0.3 is 10.6 Å². The number of hydrogen-bond donors (Lipinski definition) is 1. The Labute approximate surface area is 128 Å². The fraction of sp³-hybridized carbons (Fsp3) is 0.600. The number of hydrogen-bond acceptors (Lipinski definition) is 4. The maximum absolute atomic E-state index is 12.1. The van der Waals surface area contributed by atoms with Crippen LogP contribution in [0.5, 0.6) is 0 Å². The molecule has 0 unspecified atom stereocenters. The van der Waals surface area contributed by atoms with Gasteiger partial charge in [0.05, 0.1) is 4.90 Å². The molecular weight excluding hydrogens is 286 g/mol. The summed E-state index contributed by atoms with van der Waals surface area (Å²) < 4.78 is 25.3. The molecule has 21 heavy (non-hydrogen) atoms. The van der Waals surface area contributed by atoms with Gasteiger partial charge in [0, 0.05) is 32.9 Å². The number of nitrogens with two attached hydrogens (primary N) is 1. The van der Waals surface area contributed by atoms with Crippen LogP contribution in [0.25, 0.3) is 0 Å². The van der Waals surface area contributed by atoms with E-state index >= 15 is 0 Å². The number of benzene rings is 1. The van der Waals surface area contributed by atoms with Gasteiger partial charge in [-0.15, -0.1) is 0 Å². The molecule has 120 valence electrons. The van der Waals surface area contributed by atoms with Crippen molar-refractivity contribution >= 4 is 15.7 Å². The first-order valence-electron chi connectivity index (χ1n) is 7.26. The zero-order valence-electron chi connectivity index (χ0n) is 13.4. The van der Waals surface area contributed by atoms with Crippen molar-refractivity contribution in [2.75, 3.05) is 38.6 Å². The molecule has 0 amide bonds. The van der Waals surface area contributed by atoms with Crippen molar-refractivity contribution in [3.05, 3.63) is 24.3 Å². The van der Waals surface area contributed by atoms with E-state index in [1.54, 1.807) is 12.1 Å². The summed E-state index contributed by atoms with van der Waals surface area (Å²) in [7, 11) is -0.290. The fourth-order valence-corrected chi connectivity index (χ4v) is 2.99. The largest absolute Gasteiger partial charge is 0.371 e. The van der Waals surface area contributed by atoms with Gasteiger partial charge in [0.15, 0.2) is 0 Å². The highest BCUT2D eigenvalue weighted by Gasteiger charge is 2.17. The second-order valence-corrected chi connectivity index (χ2v) is 7.92. The molecule has 6 heteroatoms. The van der Waals surface area contributed by atoms with Crippen LogP contribution in [0.15, 0.2) is 29.2 Å². The van der Waals surface area contributed by atoms with Gasteiger partial charge in [0.25, 0.3) is 0 Å². The molecule has 1 rings (SSSR count). The third-order valence-corrected chi connectivity index (χ3v) is 5.03. The summed E-state index contributed by atoms with van der Waals surface area (Å²) in [4.78, 5) is 2.57. The minimum Gasteiger partial charge on any atom is -0.371 e. The zero-order chi connectivity index (χ0) is 16.0. The summed E-state index contributed by atoms with van der Waals surface area (Å²) in [5.41, 5.74) is 6.63. The Kier molecular flexibility index (Phi) is 6.64. The second-order valence-electron chi connectivity index (χ2n) is 5.76. The minimum atomic E-state index is -3.36. The lowest BCUT2D eigenvalue weighted by Gasteiger charge is -2.27. The summed E-state index contributed by atoms with van der Waals surface area (Å²) in [6.45, 7) is 6.80.